The van der Waals surface area contributed by atoms with Crippen LogP contribution in [0.15, 0.2) is 46.9 Å². The first-order valence-corrected chi connectivity index (χ1v) is 8.47. The Kier molecular flexibility index (Phi) is 6.68. The number of halogens is 3. The zero-order valence-electron chi connectivity index (χ0n) is 14.1. The predicted octanol–water partition coefficient (Wildman–Crippen LogP) is 3.59. The normalized spacial score (nSPS) is 11.6. The lowest BCUT2D eigenvalue weighted by Crippen LogP contribution is -2.42. The number of anilines is 1. The van der Waals surface area contributed by atoms with Crippen molar-refractivity contribution in [1.82, 2.24) is 4.90 Å². The summed E-state index contributed by atoms with van der Waals surface area (Å²) in [6.07, 6.45) is -0.885. The van der Waals surface area contributed by atoms with Crippen molar-refractivity contribution >= 4 is 33.4 Å². The summed E-state index contributed by atoms with van der Waals surface area (Å²) in [5.41, 5.74) is 0.301. The number of nitrogens with one attached hydrogen (secondary N) is 1. The molecule has 0 bridgehead atoms. The predicted molar refractivity (Wildman–Crippen MR) is 96.9 cm³/mol. The number of benzene rings is 2. The van der Waals surface area contributed by atoms with Gasteiger partial charge in [0.15, 0.2) is 6.10 Å². The molecule has 2 aromatic carbocycles. The quantitative estimate of drug-likeness (QED) is 0.767. The maximum Gasteiger partial charge on any atom is 0.263 e. The number of rotatable bonds is 6. The van der Waals surface area contributed by atoms with E-state index in [-0.39, 0.29) is 6.54 Å². The Balaban J connectivity index is 1.92. The van der Waals surface area contributed by atoms with Crippen molar-refractivity contribution in [3.8, 4) is 5.75 Å². The van der Waals surface area contributed by atoms with Gasteiger partial charge in [-0.05, 0) is 59.3 Å². The number of carbonyl (C=O) groups is 2. The van der Waals surface area contributed by atoms with Crippen LogP contribution in [0.4, 0.5) is 14.5 Å². The number of amides is 2. The molecule has 1 unspecified atom stereocenters. The van der Waals surface area contributed by atoms with Crippen molar-refractivity contribution < 1.29 is 23.1 Å². The Morgan fingerprint density at radius 3 is 2.54 bits per heavy atom. The van der Waals surface area contributed by atoms with Crippen molar-refractivity contribution in [2.75, 3.05) is 18.9 Å². The molecular formula is C18H17BrF2N2O3. The van der Waals surface area contributed by atoms with E-state index in [4.69, 9.17) is 4.74 Å². The van der Waals surface area contributed by atoms with Crippen LogP contribution in [0.2, 0.25) is 0 Å². The lowest BCUT2D eigenvalue weighted by molar-refractivity contribution is -0.139. The van der Waals surface area contributed by atoms with Crippen LogP contribution in [-0.4, -0.2) is 36.4 Å². The number of ether oxygens (including phenoxy) is 1. The third-order valence-corrected chi connectivity index (χ3v) is 4.03. The molecule has 0 aliphatic rings. The minimum absolute atomic E-state index is 0.229. The van der Waals surface area contributed by atoms with Crippen LogP contribution >= 0.6 is 15.9 Å². The Labute approximate surface area is 158 Å². The van der Waals surface area contributed by atoms with E-state index < -0.39 is 29.6 Å². The molecule has 0 aliphatic heterocycles. The summed E-state index contributed by atoms with van der Waals surface area (Å²) >= 11 is 3.16. The van der Waals surface area contributed by atoms with E-state index >= 15 is 0 Å². The maximum atomic E-state index is 13.1. The van der Waals surface area contributed by atoms with E-state index in [0.717, 1.165) is 0 Å². The van der Waals surface area contributed by atoms with Crippen molar-refractivity contribution in [1.29, 1.82) is 0 Å². The SMILES string of the molecule is CC(Oc1ccc(F)cc1Br)C(=O)N(C)CC(=O)Nc1cccc(F)c1. The molecule has 0 heterocycles. The van der Waals surface area contributed by atoms with Gasteiger partial charge in [-0.3, -0.25) is 9.59 Å². The van der Waals surface area contributed by atoms with Gasteiger partial charge in [-0.1, -0.05) is 6.07 Å². The average molecular weight is 427 g/mol. The fourth-order valence-corrected chi connectivity index (χ4v) is 2.63. The lowest BCUT2D eigenvalue weighted by Gasteiger charge is -2.22. The second-order valence-electron chi connectivity index (χ2n) is 5.59. The van der Waals surface area contributed by atoms with Crippen LogP contribution in [0.5, 0.6) is 5.75 Å². The Morgan fingerprint density at radius 2 is 1.88 bits per heavy atom. The minimum Gasteiger partial charge on any atom is -0.480 e. The van der Waals surface area contributed by atoms with Gasteiger partial charge < -0.3 is 15.0 Å². The van der Waals surface area contributed by atoms with Crippen LogP contribution in [0.1, 0.15) is 6.92 Å². The van der Waals surface area contributed by atoms with Gasteiger partial charge in [0.25, 0.3) is 5.91 Å². The molecule has 0 radical (unpaired) electrons. The standard InChI is InChI=1S/C18H17BrF2N2O3/c1-11(26-16-7-6-13(21)9-15(16)19)18(25)23(2)10-17(24)22-14-5-3-4-12(20)8-14/h3-9,11H,10H2,1-2H3,(H,22,24). The molecule has 0 aliphatic carbocycles. The Morgan fingerprint density at radius 1 is 1.19 bits per heavy atom. The summed E-state index contributed by atoms with van der Waals surface area (Å²) in [5, 5.41) is 2.51. The summed E-state index contributed by atoms with van der Waals surface area (Å²) in [6, 6.07) is 9.29. The van der Waals surface area contributed by atoms with E-state index in [1.807, 2.05) is 0 Å². The smallest absolute Gasteiger partial charge is 0.263 e. The van der Waals surface area contributed by atoms with E-state index in [1.54, 1.807) is 6.07 Å². The fourth-order valence-electron chi connectivity index (χ4n) is 2.18. The first kappa shape index (κ1) is 19.8. The van der Waals surface area contributed by atoms with Gasteiger partial charge in [0.05, 0.1) is 11.0 Å². The maximum absolute atomic E-state index is 13.1. The molecule has 1 N–H and O–H groups in total. The van der Waals surface area contributed by atoms with E-state index in [1.165, 1.54) is 55.3 Å². The van der Waals surface area contributed by atoms with Crippen LogP contribution in [0.25, 0.3) is 0 Å². The van der Waals surface area contributed by atoms with E-state index in [2.05, 4.69) is 21.2 Å². The zero-order valence-corrected chi connectivity index (χ0v) is 15.7. The molecule has 5 nitrogen and oxygen atoms in total. The number of carbonyl (C=O) groups excluding carboxylic acids is 2. The molecular weight excluding hydrogens is 410 g/mol. The van der Waals surface area contributed by atoms with Gasteiger partial charge in [0.1, 0.15) is 17.4 Å². The highest BCUT2D eigenvalue weighted by molar-refractivity contribution is 9.10. The lowest BCUT2D eigenvalue weighted by atomic mass is 10.3. The highest BCUT2D eigenvalue weighted by atomic mass is 79.9. The number of hydrogen-bond donors (Lipinski definition) is 1. The molecule has 0 aromatic heterocycles. The number of hydrogen-bond acceptors (Lipinski definition) is 3. The van der Waals surface area contributed by atoms with Crippen LogP contribution in [0, 0.1) is 11.6 Å². The van der Waals surface area contributed by atoms with E-state index in [9.17, 15) is 18.4 Å². The van der Waals surface area contributed by atoms with Crippen molar-refractivity contribution in [3.05, 3.63) is 58.6 Å². The molecule has 2 amide bonds. The molecule has 0 spiro atoms. The Hall–Kier alpha value is -2.48. The summed E-state index contributed by atoms with van der Waals surface area (Å²) in [5.74, 6) is -1.50. The van der Waals surface area contributed by atoms with Gasteiger partial charge >= 0.3 is 0 Å². The van der Waals surface area contributed by atoms with Crippen LogP contribution < -0.4 is 10.1 Å². The highest BCUT2D eigenvalue weighted by Gasteiger charge is 2.22. The molecule has 0 saturated carbocycles. The topological polar surface area (TPSA) is 58.6 Å². The molecule has 138 valence electrons. The summed E-state index contributed by atoms with van der Waals surface area (Å²) in [7, 11) is 1.45. The average Bonchev–Trinajstić information content (AvgIpc) is 2.56. The zero-order chi connectivity index (χ0) is 19.3. The molecule has 8 heteroatoms. The summed E-state index contributed by atoms with van der Waals surface area (Å²) < 4.78 is 32.1. The van der Waals surface area contributed by atoms with Gasteiger partial charge in [-0.2, -0.15) is 0 Å². The largest absolute Gasteiger partial charge is 0.480 e. The van der Waals surface area contributed by atoms with Crippen molar-refractivity contribution in [3.63, 3.8) is 0 Å². The van der Waals surface area contributed by atoms with Crippen molar-refractivity contribution in [2.45, 2.75) is 13.0 Å². The summed E-state index contributed by atoms with van der Waals surface area (Å²) in [4.78, 5) is 25.5. The monoisotopic (exact) mass is 426 g/mol. The highest BCUT2D eigenvalue weighted by Crippen LogP contribution is 2.26. The second kappa shape index (κ2) is 8.75. The molecule has 2 rings (SSSR count). The third-order valence-electron chi connectivity index (χ3n) is 3.41. The minimum atomic E-state index is -0.885. The fraction of sp³-hybridized carbons (Fsp3) is 0.222. The van der Waals surface area contributed by atoms with Gasteiger partial charge in [0, 0.05) is 12.7 Å². The van der Waals surface area contributed by atoms with Crippen LogP contribution in [0.3, 0.4) is 0 Å². The molecule has 0 saturated heterocycles. The van der Waals surface area contributed by atoms with Crippen LogP contribution in [-0.2, 0) is 9.59 Å². The molecule has 0 fully saturated rings. The number of likely N-dealkylation sites (N-methyl/N-ethyl adjacent to an activating group) is 1. The molecule has 26 heavy (non-hydrogen) atoms. The molecule has 1 atom stereocenters. The Bertz CT molecular complexity index is 817. The van der Waals surface area contributed by atoms with Gasteiger partial charge in [0.2, 0.25) is 5.91 Å². The second-order valence-corrected chi connectivity index (χ2v) is 6.44. The summed E-state index contributed by atoms with van der Waals surface area (Å²) in [6.45, 7) is 1.30. The first-order valence-electron chi connectivity index (χ1n) is 7.68. The first-order chi connectivity index (χ1) is 12.3. The number of nitrogens with zero attached hydrogens (tertiary/aromatic N) is 1. The van der Waals surface area contributed by atoms with E-state index in [0.29, 0.717) is 15.9 Å². The van der Waals surface area contributed by atoms with Gasteiger partial charge in [-0.25, -0.2) is 8.78 Å². The van der Waals surface area contributed by atoms with Crippen molar-refractivity contribution in [2.24, 2.45) is 0 Å². The molecule has 2 aromatic rings. The third kappa shape index (κ3) is 5.52. The van der Waals surface area contributed by atoms with Gasteiger partial charge in [-0.15, -0.1) is 0 Å².